The van der Waals surface area contributed by atoms with E-state index in [1.54, 1.807) is 4.90 Å². The monoisotopic (exact) mass is 350 g/mol. The highest BCUT2D eigenvalue weighted by Gasteiger charge is 2.50. The van der Waals surface area contributed by atoms with Crippen LogP contribution in [0.1, 0.15) is 32.8 Å². The number of fused-ring (bicyclic) bond motifs is 1. The predicted molar refractivity (Wildman–Crippen MR) is 96.0 cm³/mol. The molecule has 2 heterocycles. The largest absolute Gasteiger partial charge is 0.306 e. The molecule has 0 N–H and O–H groups in total. The van der Waals surface area contributed by atoms with Crippen LogP contribution in [0.5, 0.6) is 0 Å². The highest BCUT2D eigenvalue weighted by molar-refractivity contribution is 7.91. The average Bonchev–Trinajstić information content (AvgIpc) is 2.88. The van der Waals surface area contributed by atoms with Crippen LogP contribution >= 0.6 is 0 Å². The number of amides is 1. The molecule has 6 heteroatoms. The Labute approximate surface area is 144 Å². The zero-order chi connectivity index (χ0) is 17.5. The van der Waals surface area contributed by atoms with Gasteiger partial charge in [-0.05, 0) is 37.5 Å². The molecule has 2 saturated heterocycles. The van der Waals surface area contributed by atoms with Crippen LogP contribution in [0.2, 0.25) is 0 Å². The Balaban J connectivity index is 1.97. The van der Waals surface area contributed by atoms with Crippen molar-refractivity contribution in [2.75, 3.05) is 23.0 Å². The molecule has 1 aromatic carbocycles. The lowest BCUT2D eigenvalue weighted by atomic mass is 10.00. The second-order valence-electron chi connectivity index (χ2n) is 6.92. The number of carbonyl (C=O) groups is 1. The lowest BCUT2D eigenvalue weighted by Gasteiger charge is -2.45. The number of benzene rings is 1. The third kappa shape index (κ3) is 3.09. The molecule has 0 saturated carbocycles. The van der Waals surface area contributed by atoms with Crippen molar-refractivity contribution in [1.29, 1.82) is 0 Å². The lowest BCUT2D eigenvalue weighted by molar-refractivity contribution is -0.124. The first-order valence-electron chi connectivity index (χ1n) is 8.73. The molecule has 24 heavy (non-hydrogen) atoms. The Bertz CT molecular complexity index is 714. The standard InChI is InChI=1S/C18H26N2O3S/c1-4-13(3)19-10-18(21)20(15-8-6-14(5-2)7-9-15)17-12-24(22,23)11-16(17)19/h6-9,13,16-17H,4-5,10-12H2,1-3H3/t13-,16+,17-/m1/s1. The Morgan fingerprint density at radius 2 is 1.75 bits per heavy atom. The summed E-state index contributed by atoms with van der Waals surface area (Å²) in [5.41, 5.74) is 2.02. The van der Waals surface area contributed by atoms with Gasteiger partial charge in [-0.15, -0.1) is 0 Å². The van der Waals surface area contributed by atoms with Gasteiger partial charge in [0.15, 0.2) is 9.84 Å². The van der Waals surface area contributed by atoms with Crippen molar-refractivity contribution >= 4 is 21.4 Å². The molecule has 5 nitrogen and oxygen atoms in total. The molecule has 0 radical (unpaired) electrons. The second-order valence-corrected chi connectivity index (χ2v) is 9.08. The summed E-state index contributed by atoms with van der Waals surface area (Å²) in [6.45, 7) is 6.52. The van der Waals surface area contributed by atoms with E-state index in [0.29, 0.717) is 6.54 Å². The van der Waals surface area contributed by atoms with Gasteiger partial charge in [0, 0.05) is 17.8 Å². The van der Waals surface area contributed by atoms with Crippen LogP contribution in [0, 0.1) is 0 Å². The number of nitrogens with zero attached hydrogens (tertiary/aromatic N) is 2. The van der Waals surface area contributed by atoms with E-state index in [-0.39, 0.29) is 35.5 Å². The van der Waals surface area contributed by atoms with Crippen molar-refractivity contribution < 1.29 is 13.2 Å². The van der Waals surface area contributed by atoms with Gasteiger partial charge in [-0.1, -0.05) is 26.0 Å². The van der Waals surface area contributed by atoms with Gasteiger partial charge in [-0.3, -0.25) is 9.69 Å². The number of piperazine rings is 1. The van der Waals surface area contributed by atoms with E-state index < -0.39 is 9.84 Å². The van der Waals surface area contributed by atoms with E-state index in [2.05, 4.69) is 25.7 Å². The highest BCUT2D eigenvalue weighted by atomic mass is 32.2. The molecule has 0 aliphatic carbocycles. The molecule has 0 spiro atoms. The van der Waals surface area contributed by atoms with Gasteiger partial charge >= 0.3 is 0 Å². The summed E-state index contributed by atoms with van der Waals surface area (Å²) in [6, 6.07) is 7.74. The van der Waals surface area contributed by atoms with Crippen molar-refractivity contribution in [3.05, 3.63) is 29.8 Å². The first-order valence-corrected chi connectivity index (χ1v) is 10.6. The summed E-state index contributed by atoms with van der Waals surface area (Å²) in [6.07, 6.45) is 1.85. The minimum atomic E-state index is -3.12. The molecule has 1 amide bonds. The number of hydrogen-bond acceptors (Lipinski definition) is 4. The third-order valence-corrected chi connectivity index (χ3v) is 7.12. The van der Waals surface area contributed by atoms with Gasteiger partial charge in [-0.2, -0.15) is 0 Å². The van der Waals surface area contributed by atoms with Gasteiger partial charge in [0.1, 0.15) is 0 Å². The molecule has 0 aromatic heterocycles. The number of hydrogen-bond donors (Lipinski definition) is 0. The summed E-state index contributed by atoms with van der Waals surface area (Å²) in [4.78, 5) is 16.6. The minimum Gasteiger partial charge on any atom is -0.306 e. The maximum Gasteiger partial charge on any atom is 0.241 e. The van der Waals surface area contributed by atoms with E-state index in [4.69, 9.17) is 0 Å². The smallest absolute Gasteiger partial charge is 0.241 e. The summed E-state index contributed by atoms with van der Waals surface area (Å²) < 4.78 is 24.5. The second kappa shape index (κ2) is 6.48. The highest BCUT2D eigenvalue weighted by Crippen LogP contribution is 2.33. The van der Waals surface area contributed by atoms with Gasteiger partial charge < -0.3 is 4.90 Å². The molecule has 0 bridgehead atoms. The van der Waals surface area contributed by atoms with E-state index >= 15 is 0 Å². The first kappa shape index (κ1) is 17.4. The van der Waals surface area contributed by atoms with E-state index in [9.17, 15) is 13.2 Å². The Hall–Kier alpha value is -1.40. The zero-order valence-corrected chi connectivity index (χ0v) is 15.4. The molecular weight excluding hydrogens is 324 g/mol. The SMILES string of the molecule is CCc1ccc(N2C(=O)CN([C@H](C)CC)[C@H]3CS(=O)(=O)C[C@H]32)cc1. The summed E-state index contributed by atoms with van der Waals surface area (Å²) in [5, 5.41) is 0. The molecule has 132 valence electrons. The maximum absolute atomic E-state index is 12.8. The summed E-state index contributed by atoms with van der Waals surface area (Å²) in [5.74, 6) is 0.211. The molecule has 2 fully saturated rings. The van der Waals surface area contributed by atoms with Gasteiger partial charge in [0.25, 0.3) is 0 Å². The van der Waals surface area contributed by atoms with Crippen LogP contribution in [0.3, 0.4) is 0 Å². The fraction of sp³-hybridized carbons (Fsp3) is 0.611. The Morgan fingerprint density at radius 1 is 1.12 bits per heavy atom. The van der Waals surface area contributed by atoms with Crippen LogP contribution in [0.25, 0.3) is 0 Å². The van der Waals surface area contributed by atoms with Crippen molar-refractivity contribution in [3.63, 3.8) is 0 Å². The number of anilines is 1. The quantitative estimate of drug-likeness (QED) is 0.832. The third-order valence-electron chi connectivity index (χ3n) is 5.42. The summed E-state index contributed by atoms with van der Waals surface area (Å²) in [7, 11) is -3.12. The van der Waals surface area contributed by atoms with Crippen molar-refractivity contribution in [1.82, 2.24) is 4.90 Å². The molecule has 1 aromatic rings. The number of sulfone groups is 1. The number of rotatable bonds is 4. The van der Waals surface area contributed by atoms with Crippen molar-refractivity contribution in [3.8, 4) is 0 Å². The molecule has 2 aliphatic heterocycles. The number of carbonyl (C=O) groups excluding carboxylic acids is 1. The predicted octanol–water partition coefficient (Wildman–Crippen LogP) is 1.86. The maximum atomic E-state index is 12.8. The van der Waals surface area contributed by atoms with Crippen LogP contribution in [-0.4, -0.2) is 55.4 Å². The van der Waals surface area contributed by atoms with E-state index in [1.165, 1.54) is 5.56 Å². The number of aryl methyl sites for hydroxylation is 1. The lowest BCUT2D eigenvalue weighted by Crippen LogP contribution is -2.63. The first-order chi connectivity index (χ1) is 11.4. The van der Waals surface area contributed by atoms with Gasteiger partial charge in [0.2, 0.25) is 5.91 Å². The molecular formula is C18H26N2O3S. The van der Waals surface area contributed by atoms with E-state index in [0.717, 1.165) is 18.5 Å². The van der Waals surface area contributed by atoms with Crippen molar-refractivity contribution in [2.24, 2.45) is 0 Å². The Kier molecular flexibility index (Phi) is 4.71. The van der Waals surface area contributed by atoms with Crippen LogP contribution in [0.15, 0.2) is 24.3 Å². The van der Waals surface area contributed by atoms with Crippen LogP contribution in [0.4, 0.5) is 5.69 Å². The van der Waals surface area contributed by atoms with E-state index in [1.807, 2.05) is 24.3 Å². The fourth-order valence-corrected chi connectivity index (χ4v) is 5.82. The topological polar surface area (TPSA) is 57.7 Å². The Morgan fingerprint density at radius 3 is 2.33 bits per heavy atom. The zero-order valence-electron chi connectivity index (χ0n) is 14.6. The van der Waals surface area contributed by atoms with Gasteiger partial charge in [-0.25, -0.2) is 8.42 Å². The average molecular weight is 350 g/mol. The van der Waals surface area contributed by atoms with Crippen LogP contribution in [-0.2, 0) is 21.1 Å². The molecule has 2 aliphatic rings. The molecule has 3 rings (SSSR count). The molecule has 0 unspecified atom stereocenters. The van der Waals surface area contributed by atoms with Gasteiger partial charge in [0.05, 0.1) is 24.1 Å². The fourth-order valence-electron chi connectivity index (χ4n) is 3.85. The molecule has 3 atom stereocenters. The van der Waals surface area contributed by atoms with Crippen molar-refractivity contribution in [2.45, 2.75) is 51.7 Å². The van der Waals surface area contributed by atoms with Crippen LogP contribution < -0.4 is 4.90 Å². The summed E-state index contributed by atoms with van der Waals surface area (Å²) >= 11 is 0. The normalized spacial score (nSPS) is 28.0. The minimum absolute atomic E-state index is 0.00195.